The van der Waals surface area contributed by atoms with E-state index >= 15 is 0 Å². The van der Waals surface area contributed by atoms with Crippen LogP contribution in [0.1, 0.15) is 343 Å². The van der Waals surface area contributed by atoms with E-state index in [2.05, 4.69) is 49.7 Å². The molecular formula is C69H135N3O6. The highest BCUT2D eigenvalue weighted by Gasteiger charge is 2.23. The van der Waals surface area contributed by atoms with Crippen molar-refractivity contribution >= 4 is 17.8 Å². The average Bonchev–Trinajstić information content (AvgIpc) is 3.42. The van der Waals surface area contributed by atoms with Crippen LogP contribution < -0.4 is 5.32 Å². The Bertz CT molecular complexity index is 1290. The van der Waals surface area contributed by atoms with Gasteiger partial charge < -0.3 is 19.9 Å². The van der Waals surface area contributed by atoms with Gasteiger partial charge in [0.05, 0.1) is 19.8 Å². The van der Waals surface area contributed by atoms with Gasteiger partial charge in [-0.2, -0.15) is 0 Å². The van der Waals surface area contributed by atoms with E-state index in [4.69, 9.17) is 9.47 Å². The predicted molar refractivity (Wildman–Crippen MR) is 334 cm³/mol. The summed E-state index contributed by atoms with van der Waals surface area (Å²) in [4.78, 5) is 44.9. The lowest BCUT2D eigenvalue weighted by molar-refractivity contribution is -0.150. The third kappa shape index (κ3) is 46.9. The van der Waals surface area contributed by atoms with Gasteiger partial charge in [-0.25, -0.2) is 0 Å². The van der Waals surface area contributed by atoms with Gasteiger partial charge in [0.2, 0.25) is 5.91 Å². The second-order valence-electron chi connectivity index (χ2n) is 24.9. The van der Waals surface area contributed by atoms with Gasteiger partial charge in [-0.15, -0.1) is 0 Å². The number of hydrogen-bond acceptors (Lipinski definition) is 8. The van der Waals surface area contributed by atoms with Gasteiger partial charge in [-0.3, -0.25) is 24.2 Å². The van der Waals surface area contributed by atoms with Crippen molar-refractivity contribution in [1.29, 1.82) is 0 Å². The van der Waals surface area contributed by atoms with Crippen LogP contribution in [-0.2, 0) is 23.9 Å². The van der Waals surface area contributed by atoms with Crippen molar-refractivity contribution in [1.82, 2.24) is 15.1 Å². The fourth-order valence-corrected chi connectivity index (χ4v) is 12.2. The summed E-state index contributed by atoms with van der Waals surface area (Å²) < 4.78 is 12.1. The number of amides is 1. The van der Waals surface area contributed by atoms with Gasteiger partial charge in [0.25, 0.3) is 0 Å². The lowest BCUT2D eigenvalue weighted by Crippen LogP contribution is -2.43. The molecule has 1 rings (SSSR count). The monoisotopic (exact) mass is 1100 g/mol. The first-order valence-corrected chi connectivity index (χ1v) is 34.9. The van der Waals surface area contributed by atoms with E-state index in [9.17, 15) is 19.5 Å². The molecule has 0 saturated heterocycles. The summed E-state index contributed by atoms with van der Waals surface area (Å²) in [6, 6.07) is 0.585. The van der Waals surface area contributed by atoms with Crippen LogP contribution >= 0.6 is 0 Å². The molecule has 1 amide bonds. The molecule has 1 aliphatic rings. The van der Waals surface area contributed by atoms with E-state index in [0.717, 1.165) is 96.9 Å². The number of aliphatic hydroxyl groups excluding tert-OH is 1. The van der Waals surface area contributed by atoms with Gasteiger partial charge in [0.15, 0.2) is 0 Å². The van der Waals surface area contributed by atoms with Crippen molar-refractivity contribution in [2.24, 2.45) is 17.8 Å². The number of ether oxygens (including phenoxy) is 2. The van der Waals surface area contributed by atoms with Crippen molar-refractivity contribution in [2.75, 3.05) is 59.1 Å². The predicted octanol–water partition coefficient (Wildman–Crippen LogP) is 18.8. The fraction of sp³-hybridized carbons (Fsp3) is 0.957. The SMILES string of the molecule is CCCCCCCCCCC(=O)OCC(CCCCN(CCN(CCO)CCCCCC(=O)NCC(CCCCCC)CCCCCCCC)C1CCCCCCC1)COC(=O)CC(CCCCCC)CCCCCCCC. The molecule has 78 heavy (non-hydrogen) atoms. The Morgan fingerprint density at radius 3 is 1.37 bits per heavy atom. The molecule has 3 atom stereocenters. The summed E-state index contributed by atoms with van der Waals surface area (Å²) in [5, 5.41) is 13.5. The third-order valence-corrected chi connectivity index (χ3v) is 17.5. The zero-order chi connectivity index (χ0) is 56.6. The van der Waals surface area contributed by atoms with Crippen LogP contribution in [0.2, 0.25) is 0 Å². The molecule has 9 heteroatoms. The van der Waals surface area contributed by atoms with Crippen LogP contribution in [0.25, 0.3) is 0 Å². The molecule has 0 aromatic carbocycles. The first-order valence-electron chi connectivity index (χ1n) is 34.9. The Labute approximate surface area is 485 Å². The number of hydrogen-bond donors (Lipinski definition) is 2. The molecule has 1 fully saturated rings. The van der Waals surface area contributed by atoms with Crippen LogP contribution in [0, 0.1) is 17.8 Å². The van der Waals surface area contributed by atoms with Crippen LogP contribution in [0.4, 0.5) is 0 Å². The molecule has 462 valence electrons. The van der Waals surface area contributed by atoms with Crippen molar-refractivity contribution in [3.8, 4) is 0 Å². The molecule has 0 aromatic heterocycles. The lowest BCUT2D eigenvalue weighted by atomic mass is 9.91. The molecular weight excluding hydrogens is 967 g/mol. The number of esters is 2. The summed E-state index contributed by atoms with van der Waals surface area (Å²) in [5.74, 6) is 1.04. The fourth-order valence-electron chi connectivity index (χ4n) is 12.2. The Hall–Kier alpha value is -1.71. The van der Waals surface area contributed by atoms with Gasteiger partial charge in [0, 0.05) is 57.4 Å². The van der Waals surface area contributed by atoms with E-state index in [1.54, 1.807) is 0 Å². The van der Waals surface area contributed by atoms with E-state index < -0.39 is 0 Å². The largest absolute Gasteiger partial charge is 0.465 e. The number of carbonyl (C=O) groups is 3. The van der Waals surface area contributed by atoms with Gasteiger partial charge in [-0.1, -0.05) is 253 Å². The molecule has 0 bridgehead atoms. The van der Waals surface area contributed by atoms with E-state index in [-0.39, 0.29) is 30.4 Å². The first kappa shape index (κ1) is 74.3. The molecule has 1 aliphatic carbocycles. The standard InChI is InChI=1S/C69H135N3O6/c1-6-11-16-21-24-25-31-40-52-68(75)77-61-65(62-78-69(76)59-63(44-33-19-14-9-4)45-35-27-22-17-12-7-2)48-41-43-54-72(66-49-37-29-26-30-38-50-66)56-55-71(57-58-73)53-42-32-39-51-67(74)70-60-64(46-34-20-15-10-5)47-36-28-23-18-13-8-3/h63-66,73H,6-62H2,1-5H3,(H,70,74). The molecule has 0 heterocycles. The Kier molecular flexibility index (Phi) is 54.4. The summed E-state index contributed by atoms with van der Waals surface area (Å²) in [7, 11) is 0. The number of rotatable bonds is 58. The van der Waals surface area contributed by atoms with Crippen molar-refractivity contribution in [3.05, 3.63) is 0 Å². The van der Waals surface area contributed by atoms with Gasteiger partial charge in [-0.05, 0) is 95.6 Å². The molecule has 0 radical (unpaired) electrons. The summed E-state index contributed by atoms with van der Waals surface area (Å²) >= 11 is 0. The Morgan fingerprint density at radius 2 is 0.833 bits per heavy atom. The highest BCUT2D eigenvalue weighted by Crippen LogP contribution is 2.26. The second-order valence-corrected chi connectivity index (χ2v) is 24.9. The van der Waals surface area contributed by atoms with Crippen LogP contribution in [0.5, 0.6) is 0 Å². The molecule has 3 unspecified atom stereocenters. The Morgan fingerprint density at radius 1 is 0.423 bits per heavy atom. The normalized spacial score (nSPS) is 14.6. The highest BCUT2D eigenvalue weighted by atomic mass is 16.5. The topological polar surface area (TPSA) is 108 Å². The zero-order valence-electron chi connectivity index (χ0n) is 53.0. The number of carbonyl (C=O) groups excluding carboxylic acids is 3. The number of aliphatic hydroxyl groups is 1. The first-order chi connectivity index (χ1) is 38.3. The molecule has 9 nitrogen and oxygen atoms in total. The maximum absolute atomic E-state index is 13.6. The molecule has 0 aliphatic heterocycles. The molecule has 0 aromatic rings. The van der Waals surface area contributed by atoms with Crippen LogP contribution in [0.15, 0.2) is 0 Å². The van der Waals surface area contributed by atoms with E-state index in [0.29, 0.717) is 56.9 Å². The number of nitrogens with zero attached hydrogens (tertiary/aromatic N) is 2. The second kappa shape index (κ2) is 57.1. The van der Waals surface area contributed by atoms with E-state index in [1.807, 2.05) is 0 Å². The van der Waals surface area contributed by atoms with Gasteiger partial charge >= 0.3 is 11.9 Å². The van der Waals surface area contributed by atoms with Crippen molar-refractivity contribution < 1.29 is 29.0 Å². The smallest absolute Gasteiger partial charge is 0.306 e. The number of unbranched alkanes of at least 4 members (excludes halogenated alkanes) is 26. The van der Waals surface area contributed by atoms with Crippen LogP contribution in [-0.4, -0.2) is 97.9 Å². The molecule has 2 N–H and O–H groups in total. The van der Waals surface area contributed by atoms with Crippen molar-refractivity contribution in [2.45, 2.75) is 349 Å². The molecule has 0 spiro atoms. The molecule has 1 saturated carbocycles. The zero-order valence-corrected chi connectivity index (χ0v) is 53.0. The summed E-state index contributed by atoms with van der Waals surface area (Å²) in [5.41, 5.74) is 0. The summed E-state index contributed by atoms with van der Waals surface area (Å²) in [6.45, 7) is 17.6. The lowest BCUT2D eigenvalue weighted by Gasteiger charge is -2.35. The Balaban J connectivity index is 2.86. The maximum atomic E-state index is 13.6. The van der Waals surface area contributed by atoms with Gasteiger partial charge in [0.1, 0.15) is 0 Å². The van der Waals surface area contributed by atoms with E-state index in [1.165, 1.54) is 225 Å². The van der Waals surface area contributed by atoms with Crippen LogP contribution in [0.3, 0.4) is 0 Å². The minimum atomic E-state index is -0.109. The minimum Gasteiger partial charge on any atom is -0.465 e. The minimum absolute atomic E-state index is 0.00569. The summed E-state index contributed by atoms with van der Waals surface area (Å²) in [6.07, 6.45) is 56.6. The average molecular weight is 1100 g/mol. The highest BCUT2D eigenvalue weighted by molar-refractivity contribution is 5.75. The third-order valence-electron chi connectivity index (χ3n) is 17.5. The maximum Gasteiger partial charge on any atom is 0.306 e. The van der Waals surface area contributed by atoms with Crippen molar-refractivity contribution in [3.63, 3.8) is 0 Å². The quantitative estimate of drug-likeness (QED) is 0.0458. The number of nitrogens with one attached hydrogen (secondary N) is 1.